The zero-order valence-electron chi connectivity index (χ0n) is 12.3. The van der Waals surface area contributed by atoms with Crippen LogP contribution < -0.4 is 10.2 Å². The average molecular weight is 333 g/mol. The van der Waals surface area contributed by atoms with Crippen LogP contribution in [0.25, 0.3) is 0 Å². The number of halogens is 1. The van der Waals surface area contributed by atoms with Gasteiger partial charge < -0.3 is 15.1 Å². The van der Waals surface area contributed by atoms with Crippen LogP contribution in [0.3, 0.4) is 0 Å². The maximum absolute atomic E-state index is 6.07. The van der Waals surface area contributed by atoms with Crippen LogP contribution in [0.1, 0.15) is 5.56 Å². The minimum atomic E-state index is 0.710. The molecule has 0 bridgehead atoms. The summed E-state index contributed by atoms with van der Waals surface area (Å²) in [6, 6.07) is 5.77. The van der Waals surface area contributed by atoms with Crippen molar-refractivity contribution < 1.29 is 0 Å². The summed E-state index contributed by atoms with van der Waals surface area (Å²) in [4.78, 5) is 9.46. The van der Waals surface area contributed by atoms with Crippen LogP contribution in [0.15, 0.2) is 28.6 Å². The van der Waals surface area contributed by atoms with Crippen molar-refractivity contribution in [3.05, 3.63) is 34.2 Å². The topological polar surface area (TPSA) is 30.9 Å². The van der Waals surface area contributed by atoms with Crippen LogP contribution in [0.5, 0.6) is 0 Å². The first-order valence-corrected chi connectivity index (χ1v) is 8.62. The number of fused-ring (bicyclic) bond motifs is 2. The largest absolute Gasteiger partial charge is 0.360 e. The van der Waals surface area contributed by atoms with Gasteiger partial charge in [0.05, 0.1) is 22.6 Å². The molecule has 22 heavy (non-hydrogen) atoms. The van der Waals surface area contributed by atoms with Gasteiger partial charge in [-0.3, -0.25) is 4.99 Å². The van der Waals surface area contributed by atoms with Gasteiger partial charge in [0.2, 0.25) is 0 Å². The molecule has 2 aromatic rings. The number of thiophene rings is 1. The lowest BCUT2D eigenvalue weighted by atomic mass is 10.2. The van der Waals surface area contributed by atoms with Gasteiger partial charge in [-0.1, -0.05) is 11.6 Å². The molecule has 2 aliphatic rings. The molecular formula is C16H17ClN4S. The first-order valence-electron chi connectivity index (χ1n) is 7.36. The zero-order chi connectivity index (χ0) is 15.1. The van der Waals surface area contributed by atoms with Gasteiger partial charge in [-0.05, 0) is 25.2 Å². The van der Waals surface area contributed by atoms with Gasteiger partial charge >= 0.3 is 0 Å². The summed E-state index contributed by atoms with van der Waals surface area (Å²) in [6.45, 7) is 4.34. The van der Waals surface area contributed by atoms with Crippen molar-refractivity contribution in [3.8, 4) is 0 Å². The highest BCUT2D eigenvalue weighted by Crippen LogP contribution is 2.41. The maximum Gasteiger partial charge on any atom is 0.102 e. The lowest BCUT2D eigenvalue weighted by Gasteiger charge is -2.33. The molecule has 0 atom stereocenters. The molecule has 0 spiro atoms. The lowest BCUT2D eigenvalue weighted by Crippen LogP contribution is -2.44. The highest BCUT2D eigenvalue weighted by Gasteiger charge is 2.21. The van der Waals surface area contributed by atoms with Gasteiger partial charge in [0.25, 0.3) is 0 Å². The Balaban J connectivity index is 1.69. The van der Waals surface area contributed by atoms with E-state index in [1.54, 1.807) is 11.3 Å². The number of nitrogens with zero attached hydrogens (tertiary/aromatic N) is 3. The molecule has 0 amide bonds. The third kappa shape index (κ3) is 2.49. The number of hydrogen-bond donors (Lipinski definition) is 1. The van der Waals surface area contributed by atoms with Gasteiger partial charge in [-0.15, -0.1) is 11.3 Å². The molecular weight excluding hydrogens is 316 g/mol. The Hall–Kier alpha value is -1.56. The van der Waals surface area contributed by atoms with Crippen LogP contribution in [0.2, 0.25) is 5.02 Å². The van der Waals surface area contributed by atoms with E-state index in [2.05, 4.69) is 32.5 Å². The van der Waals surface area contributed by atoms with Crippen molar-refractivity contribution in [1.82, 2.24) is 4.90 Å². The summed E-state index contributed by atoms with van der Waals surface area (Å²) >= 11 is 7.86. The van der Waals surface area contributed by atoms with Gasteiger partial charge in [-0.25, -0.2) is 0 Å². The second-order valence-electron chi connectivity index (χ2n) is 5.70. The summed E-state index contributed by atoms with van der Waals surface area (Å²) in [5.74, 6) is 0. The molecule has 1 fully saturated rings. The van der Waals surface area contributed by atoms with Gasteiger partial charge in [0.15, 0.2) is 0 Å². The van der Waals surface area contributed by atoms with Crippen LogP contribution in [0.4, 0.5) is 22.1 Å². The molecule has 2 aliphatic heterocycles. The fourth-order valence-electron chi connectivity index (χ4n) is 2.83. The fourth-order valence-corrected chi connectivity index (χ4v) is 4.03. The summed E-state index contributed by atoms with van der Waals surface area (Å²) in [6.07, 6.45) is 1.97. The molecule has 6 heteroatoms. The van der Waals surface area contributed by atoms with E-state index in [1.807, 2.05) is 24.4 Å². The highest BCUT2D eigenvalue weighted by atomic mass is 35.5. The van der Waals surface area contributed by atoms with E-state index in [0.29, 0.717) is 5.02 Å². The van der Waals surface area contributed by atoms with Gasteiger partial charge in [0, 0.05) is 42.8 Å². The molecule has 0 radical (unpaired) electrons. The normalized spacial score (nSPS) is 17.6. The Morgan fingerprint density at radius 1 is 1.18 bits per heavy atom. The van der Waals surface area contributed by atoms with Crippen molar-refractivity contribution in [2.75, 3.05) is 43.4 Å². The number of hydrogen-bond acceptors (Lipinski definition) is 5. The standard InChI is InChI=1S/C16H17ClN4S/c1-20-4-6-21(7-5-20)16-12-9-18-14-8-11(17)2-3-13(14)19-15(12)10-22-16/h2-3,8-10,19H,4-7H2,1H3. The minimum Gasteiger partial charge on any atom is -0.360 e. The number of rotatable bonds is 1. The molecule has 4 rings (SSSR count). The molecule has 3 heterocycles. The quantitative estimate of drug-likeness (QED) is 0.731. The lowest BCUT2D eigenvalue weighted by molar-refractivity contribution is 0.313. The number of nitrogens with one attached hydrogen (secondary N) is 1. The number of benzene rings is 1. The first-order chi connectivity index (χ1) is 10.7. The van der Waals surface area contributed by atoms with E-state index in [4.69, 9.17) is 11.6 Å². The molecule has 1 aromatic heterocycles. The van der Waals surface area contributed by atoms with E-state index in [0.717, 1.165) is 43.2 Å². The van der Waals surface area contributed by atoms with Gasteiger partial charge in [-0.2, -0.15) is 0 Å². The van der Waals surface area contributed by atoms with E-state index >= 15 is 0 Å². The zero-order valence-corrected chi connectivity index (χ0v) is 13.9. The van der Waals surface area contributed by atoms with E-state index in [1.165, 1.54) is 10.6 Å². The van der Waals surface area contributed by atoms with Crippen molar-refractivity contribution in [2.24, 2.45) is 4.99 Å². The molecule has 0 unspecified atom stereocenters. The summed E-state index contributed by atoms with van der Waals surface area (Å²) in [5, 5.41) is 7.68. The van der Waals surface area contributed by atoms with Crippen LogP contribution in [-0.4, -0.2) is 44.3 Å². The van der Waals surface area contributed by atoms with Crippen LogP contribution in [0, 0.1) is 0 Å². The predicted molar refractivity (Wildman–Crippen MR) is 96.0 cm³/mol. The van der Waals surface area contributed by atoms with Crippen molar-refractivity contribution >= 4 is 51.2 Å². The molecule has 0 saturated carbocycles. The monoisotopic (exact) mass is 332 g/mol. The fraction of sp³-hybridized carbons (Fsp3) is 0.312. The van der Waals surface area contributed by atoms with Crippen molar-refractivity contribution in [1.29, 1.82) is 0 Å². The molecule has 0 aliphatic carbocycles. The van der Waals surface area contributed by atoms with Crippen molar-refractivity contribution in [2.45, 2.75) is 0 Å². The SMILES string of the molecule is CN1CCN(c2scc3c2C=Nc2cc(Cl)ccc2N3)CC1. The number of anilines is 3. The van der Waals surface area contributed by atoms with E-state index < -0.39 is 0 Å². The average Bonchev–Trinajstić information content (AvgIpc) is 2.82. The highest BCUT2D eigenvalue weighted by molar-refractivity contribution is 7.15. The molecule has 4 nitrogen and oxygen atoms in total. The van der Waals surface area contributed by atoms with Crippen molar-refractivity contribution in [3.63, 3.8) is 0 Å². The second kappa shape index (κ2) is 5.57. The summed E-state index contributed by atoms with van der Waals surface area (Å²) in [5.41, 5.74) is 4.20. The molecule has 114 valence electrons. The second-order valence-corrected chi connectivity index (χ2v) is 7.00. The Bertz CT molecular complexity index is 732. The number of piperazine rings is 1. The Morgan fingerprint density at radius 2 is 2.00 bits per heavy atom. The molecule has 1 N–H and O–H groups in total. The van der Waals surface area contributed by atoms with Crippen LogP contribution in [-0.2, 0) is 0 Å². The number of likely N-dealkylation sites (N-methyl/N-ethyl adjacent to an activating group) is 1. The van der Waals surface area contributed by atoms with E-state index in [-0.39, 0.29) is 0 Å². The molecule has 1 saturated heterocycles. The third-order valence-electron chi connectivity index (χ3n) is 4.16. The van der Waals surface area contributed by atoms with Gasteiger partial charge in [0.1, 0.15) is 5.00 Å². The first kappa shape index (κ1) is 14.1. The van der Waals surface area contributed by atoms with Crippen LogP contribution >= 0.6 is 22.9 Å². The maximum atomic E-state index is 6.07. The number of aliphatic imine (C=N–C) groups is 1. The summed E-state index contributed by atoms with van der Waals surface area (Å²) < 4.78 is 0. The predicted octanol–water partition coefficient (Wildman–Crippen LogP) is 3.96. The Morgan fingerprint density at radius 3 is 2.82 bits per heavy atom. The smallest absolute Gasteiger partial charge is 0.102 e. The minimum absolute atomic E-state index is 0.710. The Labute approximate surface area is 139 Å². The summed E-state index contributed by atoms with van der Waals surface area (Å²) in [7, 11) is 2.18. The third-order valence-corrected chi connectivity index (χ3v) is 5.45. The Kier molecular flexibility index (Phi) is 3.56. The molecule has 1 aromatic carbocycles. The van der Waals surface area contributed by atoms with E-state index in [9.17, 15) is 0 Å².